The van der Waals surface area contributed by atoms with Crippen molar-refractivity contribution < 1.29 is 27.9 Å². The SMILES string of the molecule is C#C[C@H](CC(=O)O)NC(=O)CNC(=O)c1cccc(NC(=NCc2ccc(S(N)(=O)=O)cc2)NC#N)c1. The summed E-state index contributed by atoms with van der Waals surface area (Å²) < 4.78 is 22.7. The zero-order valence-electron chi connectivity index (χ0n) is 19.3. The van der Waals surface area contributed by atoms with E-state index in [1.807, 2.05) is 0 Å². The summed E-state index contributed by atoms with van der Waals surface area (Å²) in [5.41, 5.74) is 1.23. The predicted molar refractivity (Wildman–Crippen MR) is 133 cm³/mol. The maximum Gasteiger partial charge on any atom is 0.306 e. The Morgan fingerprint density at radius 1 is 1.16 bits per heavy atom. The number of carbonyl (C=O) groups excluding carboxylic acids is 2. The van der Waals surface area contributed by atoms with Gasteiger partial charge in [-0.25, -0.2) is 18.5 Å². The molecule has 0 fully saturated rings. The van der Waals surface area contributed by atoms with E-state index in [4.69, 9.17) is 21.9 Å². The topological polar surface area (TPSA) is 216 Å². The second-order valence-electron chi connectivity index (χ2n) is 7.36. The summed E-state index contributed by atoms with van der Waals surface area (Å²) in [6, 6.07) is 10.9. The summed E-state index contributed by atoms with van der Waals surface area (Å²) in [4.78, 5) is 39.3. The van der Waals surface area contributed by atoms with E-state index in [0.717, 1.165) is 0 Å². The Hall–Kier alpha value is -4.92. The van der Waals surface area contributed by atoms with Gasteiger partial charge in [0.05, 0.1) is 24.4 Å². The van der Waals surface area contributed by atoms with Crippen LogP contribution in [0.3, 0.4) is 0 Å². The Labute approximate surface area is 212 Å². The number of guanidine groups is 1. The third-order valence-electron chi connectivity index (χ3n) is 4.56. The standard InChI is InChI=1S/C23H23N7O6S/c1-2-17(11-21(32)33)29-20(31)13-26-22(34)16-4-3-5-18(10-16)30-23(28-14-24)27-12-15-6-8-19(9-7-15)37(25,35)36/h1,3-10,17H,11-13H2,(H,26,34)(H,29,31)(H,32,33)(H2,25,35,36)(H2,27,28,30)/t17-/m1/s1. The maximum absolute atomic E-state index is 12.5. The minimum Gasteiger partial charge on any atom is -0.481 e. The molecule has 1 atom stereocenters. The van der Waals surface area contributed by atoms with Gasteiger partial charge in [-0.05, 0) is 35.9 Å². The van der Waals surface area contributed by atoms with Crippen LogP contribution in [0, 0.1) is 23.8 Å². The van der Waals surface area contributed by atoms with Gasteiger partial charge in [0.1, 0.15) is 6.04 Å². The molecule has 0 aliphatic heterocycles. The number of sulfonamides is 1. The molecule has 0 heterocycles. The van der Waals surface area contributed by atoms with Gasteiger partial charge >= 0.3 is 5.97 Å². The molecule has 0 aliphatic rings. The van der Waals surface area contributed by atoms with E-state index < -0.39 is 46.8 Å². The van der Waals surface area contributed by atoms with Gasteiger partial charge in [0.15, 0.2) is 6.19 Å². The largest absolute Gasteiger partial charge is 0.481 e. The molecule has 2 aromatic carbocycles. The van der Waals surface area contributed by atoms with Gasteiger partial charge in [0.25, 0.3) is 5.91 Å². The molecular formula is C23H23N7O6S. The number of anilines is 1. The van der Waals surface area contributed by atoms with Gasteiger partial charge in [-0.2, -0.15) is 5.26 Å². The Morgan fingerprint density at radius 3 is 2.46 bits per heavy atom. The van der Waals surface area contributed by atoms with Gasteiger partial charge in [-0.3, -0.25) is 19.7 Å². The maximum atomic E-state index is 12.5. The van der Waals surface area contributed by atoms with E-state index >= 15 is 0 Å². The van der Waals surface area contributed by atoms with Crippen LogP contribution in [0.25, 0.3) is 0 Å². The zero-order chi connectivity index (χ0) is 27.4. The number of carboxylic acids is 1. The first kappa shape index (κ1) is 28.3. The molecule has 0 aromatic heterocycles. The molecule has 192 valence electrons. The molecule has 0 saturated carbocycles. The fourth-order valence-electron chi connectivity index (χ4n) is 2.83. The number of benzene rings is 2. The first-order valence-corrected chi connectivity index (χ1v) is 12.0. The molecule has 2 aromatic rings. The van der Waals surface area contributed by atoms with Crippen molar-refractivity contribution >= 4 is 39.5 Å². The lowest BCUT2D eigenvalue weighted by molar-refractivity contribution is -0.137. The van der Waals surface area contributed by atoms with E-state index in [-0.39, 0.29) is 23.0 Å². The average molecular weight is 526 g/mol. The van der Waals surface area contributed by atoms with Gasteiger partial charge in [-0.15, -0.1) is 6.42 Å². The normalized spacial score (nSPS) is 11.8. The summed E-state index contributed by atoms with van der Waals surface area (Å²) in [7, 11) is -3.82. The van der Waals surface area contributed by atoms with Crippen LogP contribution in [0.1, 0.15) is 22.3 Å². The van der Waals surface area contributed by atoms with Crippen LogP contribution in [0.15, 0.2) is 58.4 Å². The third-order valence-corrected chi connectivity index (χ3v) is 5.49. The molecule has 0 aliphatic carbocycles. The second kappa shape index (κ2) is 13.2. The highest BCUT2D eigenvalue weighted by Gasteiger charge is 2.15. The van der Waals surface area contributed by atoms with Gasteiger partial charge in [0.2, 0.25) is 21.9 Å². The number of amides is 2. The number of rotatable bonds is 10. The van der Waals surface area contributed by atoms with Crippen molar-refractivity contribution in [2.24, 2.45) is 10.1 Å². The number of nitriles is 1. The Kier molecular flexibility index (Phi) is 10.1. The number of aliphatic carboxylic acids is 1. The van der Waals surface area contributed by atoms with Crippen LogP contribution in [0.2, 0.25) is 0 Å². The highest BCUT2D eigenvalue weighted by atomic mass is 32.2. The van der Waals surface area contributed by atoms with E-state index in [2.05, 4.69) is 32.2 Å². The number of aliphatic imine (C=N–C) groups is 1. The summed E-state index contributed by atoms with van der Waals surface area (Å²) in [5, 5.41) is 32.8. The van der Waals surface area contributed by atoms with Crippen molar-refractivity contribution in [2.75, 3.05) is 11.9 Å². The molecule has 2 rings (SSSR count). The van der Waals surface area contributed by atoms with Crippen LogP contribution in [-0.2, 0) is 26.2 Å². The first-order valence-electron chi connectivity index (χ1n) is 10.5. The van der Waals surface area contributed by atoms with Crippen LogP contribution in [-0.4, -0.2) is 49.9 Å². The quantitative estimate of drug-likeness (QED) is 0.0787. The molecule has 7 N–H and O–H groups in total. The predicted octanol–water partition coefficient (Wildman–Crippen LogP) is -0.305. The van der Waals surface area contributed by atoms with Crippen molar-refractivity contribution in [3.05, 3.63) is 59.7 Å². The first-order chi connectivity index (χ1) is 17.5. The summed E-state index contributed by atoms with van der Waals surface area (Å²) >= 11 is 0. The van der Waals surface area contributed by atoms with E-state index in [1.54, 1.807) is 18.3 Å². The van der Waals surface area contributed by atoms with E-state index in [9.17, 15) is 22.8 Å². The fourth-order valence-corrected chi connectivity index (χ4v) is 3.34. The number of carboxylic acid groups (broad SMARTS) is 1. The lowest BCUT2D eigenvalue weighted by atomic mass is 10.2. The number of primary sulfonamides is 1. The molecule has 14 heteroatoms. The number of carbonyl (C=O) groups is 3. The molecule has 0 bridgehead atoms. The number of nitrogens with two attached hydrogens (primary N) is 1. The Bertz CT molecular complexity index is 1380. The van der Waals surface area contributed by atoms with E-state index in [1.165, 1.54) is 36.4 Å². The molecular weight excluding hydrogens is 502 g/mol. The number of hydrogen-bond donors (Lipinski definition) is 6. The molecule has 0 saturated heterocycles. The zero-order valence-corrected chi connectivity index (χ0v) is 20.1. The Morgan fingerprint density at radius 2 is 1.86 bits per heavy atom. The minimum atomic E-state index is -3.82. The lowest BCUT2D eigenvalue weighted by Gasteiger charge is -2.12. The molecule has 37 heavy (non-hydrogen) atoms. The number of nitrogens with one attached hydrogen (secondary N) is 4. The summed E-state index contributed by atoms with van der Waals surface area (Å²) in [5.74, 6) is -0.209. The second-order valence-corrected chi connectivity index (χ2v) is 8.93. The highest BCUT2D eigenvalue weighted by Crippen LogP contribution is 2.12. The summed E-state index contributed by atoms with van der Waals surface area (Å²) in [6.07, 6.45) is 6.48. The smallest absolute Gasteiger partial charge is 0.306 e. The average Bonchev–Trinajstić information content (AvgIpc) is 2.85. The minimum absolute atomic E-state index is 0.0441. The molecule has 0 spiro atoms. The van der Waals surface area contributed by atoms with Crippen LogP contribution >= 0.6 is 0 Å². The molecule has 2 amide bonds. The van der Waals surface area contributed by atoms with Crippen LogP contribution in [0.4, 0.5) is 5.69 Å². The van der Waals surface area contributed by atoms with Crippen molar-refractivity contribution in [2.45, 2.75) is 23.9 Å². The summed E-state index contributed by atoms with van der Waals surface area (Å²) in [6.45, 7) is -0.334. The van der Waals surface area contributed by atoms with Crippen molar-refractivity contribution in [3.63, 3.8) is 0 Å². The van der Waals surface area contributed by atoms with Crippen LogP contribution < -0.4 is 26.4 Å². The molecule has 0 unspecified atom stereocenters. The van der Waals surface area contributed by atoms with Gasteiger partial charge in [-0.1, -0.05) is 24.1 Å². The number of nitrogens with zero attached hydrogens (tertiary/aromatic N) is 2. The Balaban J connectivity index is 2.02. The molecule has 0 radical (unpaired) electrons. The third kappa shape index (κ3) is 9.69. The lowest BCUT2D eigenvalue weighted by Crippen LogP contribution is -2.42. The number of terminal acetylenes is 1. The van der Waals surface area contributed by atoms with Gasteiger partial charge in [0, 0.05) is 11.3 Å². The highest BCUT2D eigenvalue weighted by molar-refractivity contribution is 7.89. The van der Waals surface area contributed by atoms with Crippen LogP contribution in [0.5, 0.6) is 0 Å². The fraction of sp³-hybridized carbons (Fsp3) is 0.174. The number of hydrogen-bond acceptors (Lipinski definition) is 7. The van der Waals surface area contributed by atoms with Gasteiger partial charge < -0.3 is 21.1 Å². The monoisotopic (exact) mass is 525 g/mol. The molecule has 13 nitrogen and oxygen atoms in total. The van der Waals surface area contributed by atoms with Crippen molar-refractivity contribution in [1.82, 2.24) is 16.0 Å². The van der Waals surface area contributed by atoms with E-state index in [0.29, 0.717) is 11.3 Å². The van der Waals surface area contributed by atoms with Crippen molar-refractivity contribution in [1.29, 1.82) is 5.26 Å². The van der Waals surface area contributed by atoms with Crippen molar-refractivity contribution in [3.8, 4) is 18.5 Å².